The molecule has 7 rings (SSSR count). The SMILES string of the molecule is OC(c1ccccc1)(c1ccccc1)C1CCCN1Cc1cccc(CN2CCC[C@@H]2C(O)(c2ccccc2)c2ccccc2)n1. The molecule has 1 unspecified atom stereocenters. The van der Waals surface area contributed by atoms with Crippen molar-refractivity contribution in [2.45, 2.75) is 62.1 Å². The quantitative estimate of drug-likeness (QED) is 0.181. The van der Waals surface area contributed by atoms with Crippen LogP contribution in [0.1, 0.15) is 59.3 Å². The fourth-order valence-electron chi connectivity index (χ4n) is 7.97. The minimum Gasteiger partial charge on any atom is -0.379 e. The molecular weight excluding hydrogens is 566 g/mol. The van der Waals surface area contributed by atoms with Crippen molar-refractivity contribution in [2.24, 2.45) is 0 Å². The van der Waals surface area contributed by atoms with Gasteiger partial charge in [-0.3, -0.25) is 14.8 Å². The van der Waals surface area contributed by atoms with Crippen molar-refractivity contribution in [3.63, 3.8) is 0 Å². The highest BCUT2D eigenvalue weighted by Gasteiger charge is 2.46. The maximum atomic E-state index is 12.5. The van der Waals surface area contributed by atoms with Crippen LogP contribution in [0.5, 0.6) is 0 Å². The first kappa shape index (κ1) is 30.5. The highest BCUT2D eigenvalue weighted by molar-refractivity contribution is 5.40. The van der Waals surface area contributed by atoms with E-state index >= 15 is 0 Å². The fourth-order valence-corrected chi connectivity index (χ4v) is 7.97. The van der Waals surface area contributed by atoms with Crippen molar-refractivity contribution < 1.29 is 10.2 Å². The van der Waals surface area contributed by atoms with Gasteiger partial charge in [-0.05, 0) is 73.2 Å². The zero-order chi connectivity index (χ0) is 31.4. The van der Waals surface area contributed by atoms with Crippen LogP contribution in [0.25, 0.3) is 0 Å². The largest absolute Gasteiger partial charge is 0.379 e. The molecule has 2 N–H and O–H groups in total. The second kappa shape index (κ2) is 13.3. The number of rotatable bonds is 10. The summed E-state index contributed by atoms with van der Waals surface area (Å²) in [6, 6.07) is 46.6. The lowest BCUT2D eigenvalue weighted by molar-refractivity contribution is -0.00767. The third-order valence-corrected chi connectivity index (χ3v) is 10.1. The summed E-state index contributed by atoms with van der Waals surface area (Å²) in [6.07, 6.45) is 3.87. The number of aromatic nitrogens is 1. The number of nitrogens with zero attached hydrogens (tertiary/aromatic N) is 3. The summed E-state index contributed by atoms with van der Waals surface area (Å²) in [5.41, 5.74) is 3.44. The lowest BCUT2D eigenvalue weighted by atomic mass is 9.79. The summed E-state index contributed by atoms with van der Waals surface area (Å²) < 4.78 is 0. The number of likely N-dealkylation sites (tertiary alicyclic amines) is 2. The monoisotopic (exact) mass is 609 g/mol. The van der Waals surface area contributed by atoms with Gasteiger partial charge in [0.05, 0.1) is 11.4 Å². The highest BCUT2D eigenvalue weighted by atomic mass is 16.3. The van der Waals surface area contributed by atoms with E-state index in [1.807, 2.05) is 121 Å². The van der Waals surface area contributed by atoms with Crippen LogP contribution in [0.4, 0.5) is 0 Å². The van der Waals surface area contributed by atoms with Crippen molar-refractivity contribution in [1.82, 2.24) is 14.8 Å². The van der Waals surface area contributed by atoms with Crippen LogP contribution in [-0.4, -0.2) is 50.2 Å². The second-order valence-corrected chi connectivity index (χ2v) is 12.9. The van der Waals surface area contributed by atoms with Gasteiger partial charge in [-0.1, -0.05) is 127 Å². The lowest BCUT2D eigenvalue weighted by Gasteiger charge is -2.40. The molecule has 0 aliphatic carbocycles. The molecule has 3 heterocycles. The minimum atomic E-state index is -1.13. The molecule has 0 amide bonds. The highest BCUT2D eigenvalue weighted by Crippen LogP contribution is 2.42. The molecule has 5 heteroatoms. The van der Waals surface area contributed by atoms with Crippen LogP contribution in [-0.2, 0) is 24.3 Å². The van der Waals surface area contributed by atoms with Crippen LogP contribution in [0.3, 0.4) is 0 Å². The third-order valence-electron chi connectivity index (χ3n) is 10.1. The van der Waals surface area contributed by atoms with Gasteiger partial charge in [0, 0.05) is 25.2 Å². The van der Waals surface area contributed by atoms with E-state index in [0.717, 1.165) is 72.4 Å². The Bertz CT molecular complexity index is 1490. The Kier molecular flexibility index (Phi) is 8.83. The number of pyridine rings is 1. The van der Waals surface area contributed by atoms with E-state index in [-0.39, 0.29) is 12.1 Å². The van der Waals surface area contributed by atoms with Gasteiger partial charge in [0.15, 0.2) is 0 Å². The van der Waals surface area contributed by atoms with Crippen LogP contribution in [0.15, 0.2) is 140 Å². The minimum absolute atomic E-state index is 0.0718. The number of hydrogen-bond acceptors (Lipinski definition) is 5. The Morgan fingerprint density at radius 2 is 0.804 bits per heavy atom. The van der Waals surface area contributed by atoms with Crippen molar-refractivity contribution in [1.29, 1.82) is 0 Å². The summed E-state index contributed by atoms with van der Waals surface area (Å²) in [4.78, 5) is 10.00. The standard InChI is InChI=1S/C41H43N3O2/c45-40(32-16-5-1-6-17-32,33-18-7-2-8-19-33)38-26-14-28-43(38)30-36-24-13-25-37(42-36)31-44-29-15-27-39(44)41(46,34-20-9-3-10-21-34)35-22-11-4-12-23-35/h1-13,16-25,38-39,45-46H,14-15,26-31H2/t38-,39?/m1/s1. The number of benzene rings is 4. The van der Waals surface area contributed by atoms with Gasteiger partial charge in [0.25, 0.3) is 0 Å². The van der Waals surface area contributed by atoms with Gasteiger partial charge in [0.2, 0.25) is 0 Å². The first-order valence-electron chi connectivity index (χ1n) is 16.7. The Hall–Kier alpha value is -4.13. The Labute approximate surface area is 272 Å². The number of hydrogen-bond donors (Lipinski definition) is 2. The molecular formula is C41H43N3O2. The normalized spacial score (nSPS) is 19.4. The molecule has 5 nitrogen and oxygen atoms in total. The first-order chi connectivity index (χ1) is 22.6. The predicted molar refractivity (Wildman–Crippen MR) is 183 cm³/mol. The Balaban J connectivity index is 1.14. The maximum absolute atomic E-state index is 12.5. The second-order valence-electron chi connectivity index (χ2n) is 12.9. The molecule has 0 spiro atoms. The van der Waals surface area contributed by atoms with Crippen LogP contribution in [0, 0.1) is 0 Å². The topological polar surface area (TPSA) is 59.8 Å². The molecule has 2 saturated heterocycles. The van der Waals surface area contributed by atoms with Crippen molar-refractivity contribution in [2.75, 3.05) is 13.1 Å². The predicted octanol–water partition coefficient (Wildman–Crippen LogP) is 6.88. The summed E-state index contributed by atoms with van der Waals surface area (Å²) in [6.45, 7) is 3.16. The average molecular weight is 610 g/mol. The molecule has 46 heavy (non-hydrogen) atoms. The third kappa shape index (κ3) is 5.80. The Morgan fingerprint density at radius 1 is 0.478 bits per heavy atom. The van der Waals surface area contributed by atoms with Gasteiger partial charge in [-0.15, -0.1) is 0 Å². The van der Waals surface area contributed by atoms with E-state index < -0.39 is 11.2 Å². The van der Waals surface area contributed by atoms with Crippen LogP contribution < -0.4 is 0 Å². The molecule has 2 fully saturated rings. The molecule has 1 aromatic heterocycles. The zero-order valence-corrected chi connectivity index (χ0v) is 26.3. The number of aliphatic hydroxyl groups is 2. The summed E-state index contributed by atoms with van der Waals surface area (Å²) >= 11 is 0. The van der Waals surface area contributed by atoms with E-state index in [1.165, 1.54) is 0 Å². The first-order valence-corrected chi connectivity index (χ1v) is 16.7. The van der Waals surface area contributed by atoms with Gasteiger partial charge in [-0.2, -0.15) is 0 Å². The average Bonchev–Trinajstić information content (AvgIpc) is 3.79. The Morgan fingerprint density at radius 3 is 1.13 bits per heavy atom. The van der Waals surface area contributed by atoms with Crippen molar-refractivity contribution in [3.05, 3.63) is 173 Å². The van der Waals surface area contributed by atoms with Crippen LogP contribution in [0.2, 0.25) is 0 Å². The lowest BCUT2D eigenvalue weighted by Crippen LogP contribution is -2.48. The molecule has 5 aromatic rings. The summed E-state index contributed by atoms with van der Waals surface area (Å²) in [7, 11) is 0. The van der Waals surface area contributed by atoms with E-state index in [2.05, 4.69) is 28.0 Å². The smallest absolute Gasteiger partial charge is 0.130 e. The molecule has 0 radical (unpaired) electrons. The molecule has 0 saturated carbocycles. The van der Waals surface area contributed by atoms with Gasteiger partial charge >= 0.3 is 0 Å². The van der Waals surface area contributed by atoms with Gasteiger partial charge < -0.3 is 10.2 Å². The van der Waals surface area contributed by atoms with Crippen molar-refractivity contribution in [3.8, 4) is 0 Å². The molecule has 2 aliphatic rings. The van der Waals surface area contributed by atoms with Crippen molar-refractivity contribution >= 4 is 0 Å². The van der Waals surface area contributed by atoms with Gasteiger partial charge in [0.1, 0.15) is 11.2 Å². The van der Waals surface area contributed by atoms with E-state index in [0.29, 0.717) is 13.1 Å². The molecule has 2 aliphatic heterocycles. The molecule has 234 valence electrons. The van der Waals surface area contributed by atoms with Crippen LogP contribution >= 0.6 is 0 Å². The van der Waals surface area contributed by atoms with Gasteiger partial charge in [-0.25, -0.2) is 0 Å². The zero-order valence-electron chi connectivity index (χ0n) is 26.3. The van der Waals surface area contributed by atoms with E-state index in [9.17, 15) is 10.2 Å². The molecule has 0 bridgehead atoms. The fraction of sp³-hybridized carbons (Fsp3) is 0.293. The van der Waals surface area contributed by atoms with E-state index in [1.54, 1.807) is 0 Å². The molecule has 2 atom stereocenters. The molecule has 4 aromatic carbocycles. The summed E-state index contributed by atoms with van der Waals surface area (Å²) in [5.74, 6) is 0. The summed E-state index contributed by atoms with van der Waals surface area (Å²) in [5, 5.41) is 25.1. The van der Waals surface area contributed by atoms with E-state index in [4.69, 9.17) is 4.98 Å². The maximum Gasteiger partial charge on any atom is 0.130 e.